The Morgan fingerprint density at radius 1 is 0.304 bits per heavy atom. The van der Waals surface area contributed by atoms with Gasteiger partial charge in [-0.15, -0.1) is 0 Å². The van der Waals surface area contributed by atoms with Gasteiger partial charge in [0, 0.05) is 19.3 Å². The number of carbonyl (C=O) groups excluding carboxylic acids is 3. The summed E-state index contributed by atoms with van der Waals surface area (Å²) in [5.74, 6) is -0.925. The Balaban J connectivity index is 4.34. The molecule has 0 aliphatic carbocycles. The fourth-order valence-corrected chi connectivity index (χ4v) is 8.29. The summed E-state index contributed by atoms with van der Waals surface area (Å²) in [5.41, 5.74) is 0. The van der Waals surface area contributed by atoms with Gasteiger partial charge in [0.05, 0.1) is 0 Å². The SMILES string of the molecule is CC/C=C\C/C=C\C/C=C\C/C=C\CCCCC(=O)OC(COC(=O)CCCCCCCCCCCCC/C=C\C/C=C\CCCCCCC)COC(=O)CCCCCCCCCCCCCCC. The first-order valence-electron chi connectivity index (χ1n) is 29.4. The zero-order chi connectivity index (χ0) is 50.0. The average Bonchev–Trinajstić information content (AvgIpc) is 3.35. The van der Waals surface area contributed by atoms with E-state index in [4.69, 9.17) is 14.2 Å². The molecule has 0 fully saturated rings. The van der Waals surface area contributed by atoms with Gasteiger partial charge in [-0.25, -0.2) is 0 Å². The molecule has 6 heteroatoms. The van der Waals surface area contributed by atoms with E-state index in [0.29, 0.717) is 19.3 Å². The average molecular weight is 964 g/mol. The molecule has 0 rings (SSSR count). The van der Waals surface area contributed by atoms with Gasteiger partial charge in [-0.2, -0.15) is 0 Å². The normalized spacial score (nSPS) is 12.6. The summed E-state index contributed by atoms with van der Waals surface area (Å²) in [7, 11) is 0. The minimum atomic E-state index is -0.796. The Hall–Kier alpha value is -3.15. The molecule has 6 nitrogen and oxygen atoms in total. The minimum absolute atomic E-state index is 0.0902. The molecule has 0 amide bonds. The summed E-state index contributed by atoms with van der Waals surface area (Å²) in [5, 5.41) is 0. The zero-order valence-electron chi connectivity index (χ0n) is 45.6. The Bertz CT molecular complexity index is 1290. The number of hydrogen-bond donors (Lipinski definition) is 0. The summed E-state index contributed by atoms with van der Waals surface area (Å²) in [6.45, 7) is 6.50. The molecule has 0 aromatic heterocycles. The molecule has 0 aliphatic rings. The number of hydrogen-bond acceptors (Lipinski definition) is 6. The number of allylic oxidation sites excluding steroid dienone is 12. The lowest BCUT2D eigenvalue weighted by Crippen LogP contribution is -2.30. The summed E-state index contributed by atoms with van der Waals surface area (Å²) >= 11 is 0. The van der Waals surface area contributed by atoms with Gasteiger partial charge < -0.3 is 14.2 Å². The van der Waals surface area contributed by atoms with Crippen molar-refractivity contribution in [1.29, 1.82) is 0 Å². The molecule has 0 bridgehead atoms. The van der Waals surface area contributed by atoms with E-state index < -0.39 is 6.10 Å². The number of ether oxygens (including phenoxy) is 3. The van der Waals surface area contributed by atoms with E-state index in [1.54, 1.807) is 0 Å². The van der Waals surface area contributed by atoms with Crippen LogP contribution in [0.5, 0.6) is 0 Å². The van der Waals surface area contributed by atoms with Crippen molar-refractivity contribution in [1.82, 2.24) is 0 Å². The van der Waals surface area contributed by atoms with Crippen LogP contribution < -0.4 is 0 Å². The van der Waals surface area contributed by atoms with Gasteiger partial charge in [-0.1, -0.05) is 254 Å². The maximum absolute atomic E-state index is 12.8. The van der Waals surface area contributed by atoms with Crippen LogP contribution in [0.25, 0.3) is 0 Å². The maximum atomic E-state index is 12.8. The predicted octanol–water partition coefficient (Wildman–Crippen LogP) is 19.8. The van der Waals surface area contributed by atoms with Crippen molar-refractivity contribution < 1.29 is 28.6 Å². The monoisotopic (exact) mass is 963 g/mol. The minimum Gasteiger partial charge on any atom is -0.462 e. The third kappa shape index (κ3) is 55.6. The first-order chi connectivity index (χ1) is 34.0. The molecule has 398 valence electrons. The molecule has 0 saturated carbocycles. The molecule has 1 atom stereocenters. The lowest BCUT2D eigenvalue weighted by molar-refractivity contribution is -0.167. The van der Waals surface area contributed by atoms with Gasteiger partial charge >= 0.3 is 17.9 Å². The molecule has 0 radical (unpaired) electrons. The second kappa shape index (κ2) is 57.4. The van der Waals surface area contributed by atoms with Crippen LogP contribution in [0.1, 0.15) is 290 Å². The number of esters is 3. The molecule has 0 heterocycles. The highest BCUT2D eigenvalue weighted by atomic mass is 16.6. The van der Waals surface area contributed by atoms with Gasteiger partial charge in [0.1, 0.15) is 13.2 Å². The molecule has 0 aromatic rings. The highest BCUT2D eigenvalue weighted by molar-refractivity contribution is 5.71. The van der Waals surface area contributed by atoms with Crippen LogP contribution >= 0.6 is 0 Å². The van der Waals surface area contributed by atoms with Crippen molar-refractivity contribution in [3.63, 3.8) is 0 Å². The van der Waals surface area contributed by atoms with Crippen molar-refractivity contribution in [2.75, 3.05) is 13.2 Å². The molecule has 0 aromatic carbocycles. The topological polar surface area (TPSA) is 78.9 Å². The Morgan fingerprint density at radius 3 is 0.913 bits per heavy atom. The molecular weight excluding hydrogens is 853 g/mol. The van der Waals surface area contributed by atoms with E-state index in [2.05, 4.69) is 93.7 Å². The Morgan fingerprint density at radius 2 is 0.565 bits per heavy atom. The lowest BCUT2D eigenvalue weighted by atomic mass is 10.0. The molecule has 0 saturated heterocycles. The van der Waals surface area contributed by atoms with Crippen molar-refractivity contribution in [3.05, 3.63) is 72.9 Å². The fourth-order valence-electron chi connectivity index (χ4n) is 8.29. The van der Waals surface area contributed by atoms with Gasteiger partial charge in [0.25, 0.3) is 0 Å². The second-order valence-electron chi connectivity index (χ2n) is 19.5. The smallest absolute Gasteiger partial charge is 0.306 e. The van der Waals surface area contributed by atoms with Gasteiger partial charge in [-0.3, -0.25) is 14.4 Å². The molecule has 1 unspecified atom stereocenters. The zero-order valence-corrected chi connectivity index (χ0v) is 45.6. The van der Waals surface area contributed by atoms with Crippen LogP contribution in [-0.4, -0.2) is 37.2 Å². The fraction of sp³-hybridized carbons (Fsp3) is 0.762. The van der Waals surface area contributed by atoms with Crippen LogP contribution in [-0.2, 0) is 28.6 Å². The summed E-state index contributed by atoms with van der Waals surface area (Å²) in [6, 6.07) is 0. The van der Waals surface area contributed by atoms with E-state index in [1.165, 1.54) is 161 Å². The summed E-state index contributed by atoms with van der Waals surface area (Å²) < 4.78 is 16.8. The molecule has 0 aliphatic heterocycles. The van der Waals surface area contributed by atoms with Crippen LogP contribution in [0.15, 0.2) is 72.9 Å². The summed E-state index contributed by atoms with van der Waals surface area (Å²) in [4.78, 5) is 38.1. The highest BCUT2D eigenvalue weighted by Gasteiger charge is 2.19. The van der Waals surface area contributed by atoms with Gasteiger partial charge in [-0.05, 0) is 89.9 Å². The quantitative estimate of drug-likeness (QED) is 0.0262. The third-order valence-electron chi connectivity index (χ3n) is 12.7. The highest BCUT2D eigenvalue weighted by Crippen LogP contribution is 2.16. The lowest BCUT2D eigenvalue weighted by Gasteiger charge is -2.18. The van der Waals surface area contributed by atoms with Crippen molar-refractivity contribution in [2.24, 2.45) is 0 Å². The van der Waals surface area contributed by atoms with E-state index in [9.17, 15) is 14.4 Å². The first kappa shape index (κ1) is 65.8. The first-order valence-corrected chi connectivity index (χ1v) is 29.4. The maximum Gasteiger partial charge on any atom is 0.306 e. The Labute approximate surface area is 427 Å². The molecule has 0 spiro atoms. The van der Waals surface area contributed by atoms with Crippen LogP contribution in [0.3, 0.4) is 0 Å². The Kier molecular flexibility index (Phi) is 54.8. The van der Waals surface area contributed by atoms with Crippen molar-refractivity contribution >= 4 is 17.9 Å². The predicted molar refractivity (Wildman–Crippen MR) is 298 cm³/mol. The number of rotatable bonds is 53. The number of carbonyl (C=O) groups is 3. The standard InChI is InChI=1S/C63H110O6/c1-4-7-10-13-16-19-22-25-27-28-29-30-31-32-33-34-36-38-41-44-47-50-53-56-62(65)68-59-60(58-67-61(64)55-52-49-46-43-40-37-24-21-18-15-12-9-6-3)69-63(66)57-54-51-48-45-42-39-35-26-23-20-17-14-11-8-5-2/h8,11,17,20,22,25-26,28-29,35,42,45,60H,4-7,9-10,12-16,18-19,21,23-24,27,30-34,36-41,43-44,46-59H2,1-3H3/b11-8-,20-17-,25-22-,29-28-,35-26-,45-42-. The third-order valence-corrected chi connectivity index (χ3v) is 12.7. The van der Waals surface area contributed by atoms with Crippen LogP contribution in [0.2, 0.25) is 0 Å². The van der Waals surface area contributed by atoms with Crippen LogP contribution in [0, 0.1) is 0 Å². The molecule has 0 N–H and O–H groups in total. The van der Waals surface area contributed by atoms with E-state index in [1.807, 2.05) is 0 Å². The van der Waals surface area contributed by atoms with Crippen molar-refractivity contribution in [3.8, 4) is 0 Å². The van der Waals surface area contributed by atoms with Gasteiger partial charge in [0.2, 0.25) is 0 Å². The van der Waals surface area contributed by atoms with E-state index in [0.717, 1.165) is 83.5 Å². The largest absolute Gasteiger partial charge is 0.462 e. The van der Waals surface area contributed by atoms with Gasteiger partial charge in [0.15, 0.2) is 6.10 Å². The van der Waals surface area contributed by atoms with Crippen molar-refractivity contribution in [2.45, 2.75) is 297 Å². The second-order valence-corrected chi connectivity index (χ2v) is 19.5. The van der Waals surface area contributed by atoms with E-state index >= 15 is 0 Å². The van der Waals surface area contributed by atoms with E-state index in [-0.39, 0.29) is 37.5 Å². The van der Waals surface area contributed by atoms with Crippen LogP contribution in [0.4, 0.5) is 0 Å². The molecule has 69 heavy (non-hydrogen) atoms. The molecular formula is C63H110O6. The number of unbranched alkanes of at least 4 members (excludes halogenated alkanes) is 30. The summed E-state index contributed by atoms with van der Waals surface area (Å²) in [6.07, 6.45) is 73.3.